The summed E-state index contributed by atoms with van der Waals surface area (Å²) in [6.07, 6.45) is 0. The van der Waals surface area contributed by atoms with Crippen molar-refractivity contribution in [1.82, 2.24) is 19.8 Å². The highest BCUT2D eigenvalue weighted by molar-refractivity contribution is 7.99. The van der Waals surface area contributed by atoms with Crippen LogP contribution < -0.4 is 4.90 Å². The minimum atomic E-state index is -0.0132. The average Bonchev–Trinajstić information content (AvgIpc) is 2.78. The van der Waals surface area contributed by atoms with E-state index in [1.807, 2.05) is 25.7 Å². The largest absolute Gasteiger partial charge is 0.353 e. The van der Waals surface area contributed by atoms with E-state index >= 15 is 0 Å². The first-order chi connectivity index (χ1) is 15.3. The number of benzene rings is 1. The number of carbonyl (C=O) groups excluding carboxylic acids is 2. The molecule has 0 spiro atoms. The molecule has 1 saturated heterocycles. The topological polar surface area (TPSA) is 69.6 Å². The summed E-state index contributed by atoms with van der Waals surface area (Å²) in [6.45, 7) is 9.09. The van der Waals surface area contributed by atoms with E-state index in [9.17, 15) is 9.59 Å². The van der Waals surface area contributed by atoms with Crippen molar-refractivity contribution in [1.29, 1.82) is 0 Å². The molecular weight excluding hydrogens is 469 g/mol. The quantitative estimate of drug-likeness (QED) is 0.327. The maximum Gasteiger partial charge on any atom is 0.254 e. The van der Waals surface area contributed by atoms with Crippen LogP contribution in [0.5, 0.6) is 0 Å². The van der Waals surface area contributed by atoms with Gasteiger partial charge in [0, 0.05) is 55.4 Å². The molecule has 1 fully saturated rings. The summed E-state index contributed by atoms with van der Waals surface area (Å²) in [6, 6.07) is 8.65. The third kappa shape index (κ3) is 6.05. The Bertz CT molecular complexity index is 956. The Kier molecular flexibility index (Phi) is 8.62. The number of thioether (sulfide) groups is 1. The van der Waals surface area contributed by atoms with Crippen LogP contribution >= 0.6 is 35.0 Å². The number of carbonyl (C=O) groups is 2. The summed E-state index contributed by atoms with van der Waals surface area (Å²) in [5.41, 5.74) is 0.622. The van der Waals surface area contributed by atoms with Crippen LogP contribution in [-0.4, -0.2) is 76.1 Å². The maximum absolute atomic E-state index is 12.9. The van der Waals surface area contributed by atoms with E-state index in [1.165, 1.54) is 11.8 Å². The lowest BCUT2D eigenvalue weighted by Crippen LogP contribution is -2.54. The molecule has 2 amide bonds. The zero-order valence-electron chi connectivity index (χ0n) is 18.4. The molecule has 1 aromatic heterocycles. The molecule has 2 heterocycles. The molecule has 1 aliphatic heterocycles. The van der Waals surface area contributed by atoms with Crippen molar-refractivity contribution in [3.05, 3.63) is 46.1 Å². The van der Waals surface area contributed by atoms with Gasteiger partial charge in [-0.05, 0) is 45.0 Å². The smallest absolute Gasteiger partial charge is 0.254 e. The van der Waals surface area contributed by atoms with E-state index in [2.05, 4.69) is 14.9 Å². The van der Waals surface area contributed by atoms with Gasteiger partial charge in [0.2, 0.25) is 5.91 Å². The standard InChI is InChI=1S/C22H27Cl2N5O2S/c1-4-27(5-2)20(30)14-32-22-25-18(24)12-19(26-22)28-10-11-29(15(3)13-28)21(31)16-6-8-17(23)9-7-16/h6-9,12,15H,4-5,10-11,13-14H2,1-3H3. The lowest BCUT2D eigenvalue weighted by molar-refractivity contribution is -0.127. The fourth-order valence-electron chi connectivity index (χ4n) is 3.63. The van der Waals surface area contributed by atoms with Gasteiger partial charge in [-0.25, -0.2) is 9.97 Å². The van der Waals surface area contributed by atoms with Crippen molar-refractivity contribution < 1.29 is 9.59 Å². The van der Waals surface area contributed by atoms with E-state index in [1.54, 1.807) is 35.2 Å². The Balaban J connectivity index is 1.66. The highest BCUT2D eigenvalue weighted by atomic mass is 35.5. The van der Waals surface area contributed by atoms with Gasteiger partial charge in [-0.2, -0.15) is 0 Å². The molecule has 1 atom stereocenters. The molecule has 0 bridgehead atoms. The van der Waals surface area contributed by atoms with Gasteiger partial charge in [-0.15, -0.1) is 0 Å². The van der Waals surface area contributed by atoms with E-state index in [0.29, 0.717) is 59.4 Å². The number of aromatic nitrogens is 2. The summed E-state index contributed by atoms with van der Waals surface area (Å²) in [4.78, 5) is 39.8. The second-order valence-electron chi connectivity index (χ2n) is 7.49. The molecular formula is C22H27Cl2N5O2S. The summed E-state index contributed by atoms with van der Waals surface area (Å²) >= 11 is 13.5. The van der Waals surface area contributed by atoms with Crippen molar-refractivity contribution >= 4 is 52.6 Å². The molecule has 3 rings (SSSR count). The first kappa shape index (κ1) is 24.6. The van der Waals surface area contributed by atoms with Gasteiger partial charge in [0.15, 0.2) is 5.16 Å². The normalized spacial score (nSPS) is 16.2. The van der Waals surface area contributed by atoms with Gasteiger partial charge in [0.05, 0.1) is 5.75 Å². The van der Waals surface area contributed by atoms with Crippen LogP contribution in [0.4, 0.5) is 5.82 Å². The van der Waals surface area contributed by atoms with Crippen LogP contribution in [0.25, 0.3) is 0 Å². The van der Waals surface area contributed by atoms with E-state index in [0.717, 1.165) is 0 Å². The number of nitrogens with zero attached hydrogens (tertiary/aromatic N) is 5. The van der Waals surface area contributed by atoms with E-state index < -0.39 is 0 Å². The number of hydrogen-bond donors (Lipinski definition) is 0. The average molecular weight is 496 g/mol. The molecule has 1 unspecified atom stereocenters. The SMILES string of the molecule is CCN(CC)C(=O)CSc1nc(Cl)cc(N2CCN(C(=O)c3ccc(Cl)cc3)C(C)C2)n1. The van der Waals surface area contributed by atoms with Crippen LogP contribution in [0, 0.1) is 0 Å². The number of halogens is 2. The zero-order valence-corrected chi connectivity index (χ0v) is 20.8. The molecule has 2 aromatic rings. The maximum atomic E-state index is 12.9. The number of hydrogen-bond acceptors (Lipinski definition) is 6. The predicted molar refractivity (Wildman–Crippen MR) is 130 cm³/mol. The molecule has 1 aliphatic rings. The van der Waals surface area contributed by atoms with Crippen molar-refractivity contribution in [3.8, 4) is 0 Å². The first-order valence-corrected chi connectivity index (χ1v) is 12.3. The summed E-state index contributed by atoms with van der Waals surface area (Å²) in [5, 5.41) is 1.41. The van der Waals surface area contributed by atoms with E-state index in [-0.39, 0.29) is 23.6 Å². The minimum Gasteiger partial charge on any atom is -0.353 e. The summed E-state index contributed by atoms with van der Waals surface area (Å²) < 4.78 is 0. The predicted octanol–water partition coefficient (Wildman–Crippen LogP) is 4.09. The molecule has 0 radical (unpaired) electrons. The van der Waals surface area contributed by atoms with Crippen molar-refractivity contribution in [3.63, 3.8) is 0 Å². The molecule has 10 heteroatoms. The van der Waals surface area contributed by atoms with E-state index in [4.69, 9.17) is 23.2 Å². The Morgan fingerprint density at radius 2 is 1.81 bits per heavy atom. The summed E-state index contributed by atoms with van der Waals surface area (Å²) in [5.74, 6) is 1.00. The monoisotopic (exact) mass is 495 g/mol. The Morgan fingerprint density at radius 1 is 1.12 bits per heavy atom. The Hall–Kier alpha value is -2.03. The first-order valence-electron chi connectivity index (χ1n) is 10.6. The van der Waals surface area contributed by atoms with Crippen LogP contribution in [-0.2, 0) is 4.79 Å². The van der Waals surface area contributed by atoms with Gasteiger partial charge in [0.25, 0.3) is 5.91 Å². The van der Waals surface area contributed by atoms with Gasteiger partial charge >= 0.3 is 0 Å². The third-order valence-corrected chi connectivity index (χ3v) is 6.68. The van der Waals surface area contributed by atoms with Crippen LogP contribution in [0.2, 0.25) is 10.2 Å². The molecule has 0 aliphatic carbocycles. The zero-order chi connectivity index (χ0) is 23.3. The molecule has 0 N–H and O–H groups in total. The molecule has 7 nitrogen and oxygen atoms in total. The van der Waals surface area contributed by atoms with Gasteiger partial charge < -0.3 is 14.7 Å². The highest BCUT2D eigenvalue weighted by Crippen LogP contribution is 2.25. The Morgan fingerprint density at radius 3 is 2.44 bits per heavy atom. The number of anilines is 1. The Labute approximate surface area is 203 Å². The lowest BCUT2D eigenvalue weighted by Gasteiger charge is -2.40. The molecule has 1 aromatic carbocycles. The molecule has 32 heavy (non-hydrogen) atoms. The molecule has 172 valence electrons. The van der Waals surface area contributed by atoms with Crippen molar-refractivity contribution in [2.45, 2.75) is 32.0 Å². The van der Waals surface area contributed by atoms with Gasteiger partial charge in [-0.3, -0.25) is 9.59 Å². The fourth-order valence-corrected chi connectivity index (χ4v) is 4.74. The number of piperazine rings is 1. The third-order valence-electron chi connectivity index (χ3n) is 5.41. The van der Waals surface area contributed by atoms with Crippen LogP contribution in [0.1, 0.15) is 31.1 Å². The molecule has 0 saturated carbocycles. The van der Waals surface area contributed by atoms with Gasteiger partial charge in [-0.1, -0.05) is 35.0 Å². The van der Waals surface area contributed by atoms with Crippen molar-refractivity contribution in [2.24, 2.45) is 0 Å². The van der Waals surface area contributed by atoms with Crippen LogP contribution in [0.15, 0.2) is 35.5 Å². The fraction of sp³-hybridized carbons (Fsp3) is 0.455. The highest BCUT2D eigenvalue weighted by Gasteiger charge is 2.29. The lowest BCUT2D eigenvalue weighted by atomic mass is 10.1. The summed E-state index contributed by atoms with van der Waals surface area (Å²) in [7, 11) is 0. The van der Waals surface area contributed by atoms with Gasteiger partial charge in [0.1, 0.15) is 11.0 Å². The van der Waals surface area contributed by atoms with Crippen molar-refractivity contribution in [2.75, 3.05) is 43.4 Å². The number of rotatable bonds is 7. The minimum absolute atomic E-state index is 0.0129. The second-order valence-corrected chi connectivity index (χ2v) is 9.25. The number of amides is 2. The second kappa shape index (κ2) is 11.2. The van der Waals surface area contributed by atoms with Crippen LogP contribution in [0.3, 0.4) is 0 Å².